The quantitative estimate of drug-likeness (QED) is 0.398. The molecule has 0 bridgehead atoms. The molecule has 8 nitrogen and oxygen atoms in total. The highest BCUT2D eigenvalue weighted by Crippen LogP contribution is 2.19. The number of nitrogens with zero attached hydrogens (tertiary/aromatic N) is 4. The zero-order chi connectivity index (χ0) is 16.2. The smallest absolute Gasteiger partial charge is 0.211 e. The lowest BCUT2D eigenvalue weighted by molar-refractivity contribution is 0.373. The van der Waals surface area contributed by atoms with Crippen LogP contribution in [0.5, 0.6) is 0 Å². The highest BCUT2D eigenvalue weighted by atomic mass is 127. The maximum atomic E-state index is 11.7. The summed E-state index contributed by atoms with van der Waals surface area (Å²) in [5.74, 6) is 0.698. The number of hydrogen-bond acceptors (Lipinski definition) is 5. The Bertz CT molecular complexity index is 605. The van der Waals surface area contributed by atoms with Gasteiger partial charge in [0.05, 0.1) is 12.8 Å². The van der Waals surface area contributed by atoms with Crippen LogP contribution in [-0.2, 0) is 16.6 Å². The van der Waals surface area contributed by atoms with Crippen LogP contribution < -0.4 is 5.32 Å². The second-order valence-electron chi connectivity index (χ2n) is 5.44. The Morgan fingerprint density at radius 1 is 1.61 bits per heavy atom. The number of aromatic nitrogens is 1. The highest BCUT2D eigenvalue weighted by molar-refractivity contribution is 14.0. The molecular weight excluding hydrogens is 433 g/mol. The maximum Gasteiger partial charge on any atom is 0.211 e. The van der Waals surface area contributed by atoms with Gasteiger partial charge < -0.3 is 14.7 Å². The summed E-state index contributed by atoms with van der Waals surface area (Å²) in [4.78, 5) is 6.14. The molecule has 1 saturated heterocycles. The van der Waals surface area contributed by atoms with E-state index < -0.39 is 10.0 Å². The van der Waals surface area contributed by atoms with E-state index in [0.29, 0.717) is 25.6 Å². The Balaban J connectivity index is 0.00000264. The molecule has 0 unspecified atom stereocenters. The van der Waals surface area contributed by atoms with Gasteiger partial charge in [-0.3, -0.25) is 4.99 Å². The van der Waals surface area contributed by atoms with E-state index in [9.17, 15) is 8.42 Å². The number of nitrogens with one attached hydrogen (secondary N) is 1. The Morgan fingerprint density at radius 2 is 2.35 bits per heavy atom. The van der Waals surface area contributed by atoms with E-state index in [2.05, 4.69) is 15.5 Å². The summed E-state index contributed by atoms with van der Waals surface area (Å²) in [6.45, 7) is 1.71. The van der Waals surface area contributed by atoms with Crippen LogP contribution in [0.25, 0.3) is 0 Å². The number of rotatable bonds is 5. The van der Waals surface area contributed by atoms with Crippen molar-refractivity contribution in [2.24, 2.45) is 4.99 Å². The fourth-order valence-corrected chi connectivity index (χ4v) is 3.86. The third-order valence-corrected chi connectivity index (χ3v) is 5.04. The van der Waals surface area contributed by atoms with Crippen LogP contribution in [0.2, 0.25) is 0 Å². The van der Waals surface area contributed by atoms with Gasteiger partial charge in [-0.15, -0.1) is 24.0 Å². The van der Waals surface area contributed by atoms with Crippen molar-refractivity contribution in [2.75, 3.05) is 33.4 Å². The van der Waals surface area contributed by atoms with Crippen LogP contribution in [0.3, 0.4) is 0 Å². The molecule has 0 saturated carbocycles. The van der Waals surface area contributed by atoms with Crippen LogP contribution in [0.4, 0.5) is 0 Å². The molecule has 0 spiro atoms. The summed E-state index contributed by atoms with van der Waals surface area (Å²) in [5, 5.41) is 7.10. The normalized spacial score (nSPS) is 19.4. The topological polar surface area (TPSA) is 91.0 Å². The average molecular weight is 457 g/mol. The van der Waals surface area contributed by atoms with Gasteiger partial charge in [-0.05, 0) is 12.8 Å². The lowest BCUT2D eigenvalue weighted by atomic mass is 10.2. The molecule has 0 radical (unpaired) electrons. The van der Waals surface area contributed by atoms with Gasteiger partial charge in [-0.1, -0.05) is 5.16 Å². The highest BCUT2D eigenvalue weighted by Gasteiger charge is 2.31. The standard InChI is InChI=1S/C13H23N5O3S.HI/c1-14-13(17(2)10-11-6-8-21-16-11)15-9-12-5-4-7-18(12)22(3,19)20;/h6,8,12H,4-5,7,9-10H2,1-3H3,(H,14,15);1H/t12-;/m1./s1. The molecule has 0 aliphatic carbocycles. The molecule has 1 aliphatic heterocycles. The molecule has 1 aromatic rings. The van der Waals surface area contributed by atoms with Crippen LogP contribution in [0.1, 0.15) is 18.5 Å². The maximum absolute atomic E-state index is 11.7. The lowest BCUT2D eigenvalue weighted by Crippen LogP contribution is -2.46. The summed E-state index contributed by atoms with van der Waals surface area (Å²) in [6.07, 6.45) is 4.55. The van der Waals surface area contributed by atoms with Gasteiger partial charge in [0.15, 0.2) is 5.96 Å². The van der Waals surface area contributed by atoms with Crippen molar-refractivity contribution in [3.05, 3.63) is 18.0 Å². The monoisotopic (exact) mass is 457 g/mol. The third-order valence-electron chi connectivity index (χ3n) is 3.71. The molecule has 0 aromatic carbocycles. The number of guanidine groups is 1. The zero-order valence-electron chi connectivity index (χ0n) is 13.6. The van der Waals surface area contributed by atoms with E-state index in [4.69, 9.17) is 4.52 Å². The molecule has 0 amide bonds. The molecule has 1 aliphatic rings. The fraction of sp³-hybridized carbons (Fsp3) is 0.692. The second kappa shape index (κ2) is 8.83. The molecule has 132 valence electrons. The predicted octanol–water partition coefficient (Wildman–Crippen LogP) is 0.724. The first-order valence-electron chi connectivity index (χ1n) is 7.19. The molecule has 23 heavy (non-hydrogen) atoms. The predicted molar refractivity (Wildman–Crippen MR) is 99.3 cm³/mol. The van der Waals surface area contributed by atoms with Crippen molar-refractivity contribution in [1.82, 2.24) is 19.7 Å². The number of sulfonamides is 1. The minimum atomic E-state index is -3.15. The number of aliphatic imine (C=N–C) groups is 1. The van der Waals surface area contributed by atoms with Crippen molar-refractivity contribution in [1.29, 1.82) is 0 Å². The summed E-state index contributed by atoms with van der Waals surface area (Å²) < 4.78 is 29.9. The second-order valence-corrected chi connectivity index (χ2v) is 7.38. The molecule has 1 aromatic heterocycles. The molecule has 1 atom stereocenters. The molecule has 1 N–H and O–H groups in total. The van der Waals surface area contributed by atoms with E-state index >= 15 is 0 Å². The first-order valence-corrected chi connectivity index (χ1v) is 9.04. The Labute approximate surface area is 154 Å². The van der Waals surface area contributed by atoms with Crippen molar-refractivity contribution < 1.29 is 12.9 Å². The van der Waals surface area contributed by atoms with Crippen molar-refractivity contribution >= 4 is 40.0 Å². The SMILES string of the molecule is CN=C(NC[C@H]1CCCN1S(C)(=O)=O)N(C)Cc1ccon1.I. The molecule has 2 heterocycles. The first kappa shape index (κ1) is 20.2. The van der Waals surface area contributed by atoms with Crippen LogP contribution in [-0.4, -0.2) is 68.2 Å². The van der Waals surface area contributed by atoms with Crippen molar-refractivity contribution in [3.63, 3.8) is 0 Å². The van der Waals surface area contributed by atoms with E-state index in [-0.39, 0.29) is 30.0 Å². The van der Waals surface area contributed by atoms with E-state index in [0.717, 1.165) is 18.5 Å². The van der Waals surface area contributed by atoms with Crippen LogP contribution >= 0.6 is 24.0 Å². The number of halogens is 1. The third kappa shape index (κ3) is 5.60. The van der Waals surface area contributed by atoms with Gasteiger partial charge in [0, 0.05) is 39.3 Å². The average Bonchev–Trinajstić information content (AvgIpc) is 3.09. The summed E-state index contributed by atoms with van der Waals surface area (Å²) in [7, 11) is 0.445. The molecular formula is C13H24IN5O3S. The molecule has 10 heteroatoms. The summed E-state index contributed by atoms with van der Waals surface area (Å²) in [6, 6.07) is 1.78. The molecule has 1 fully saturated rings. The van der Waals surface area contributed by atoms with Crippen molar-refractivity contribution in [3.8, 4) is 0 Å². The van der Waals surface area contributed by atoms with Gasteiger partial charge >= 0.3 is 0 Å². The zero-order valence-corrected chi connectivity index (χ0v) is 16.7. The Morgan fingerprint density at radius 3 is 2.91 bits per heavy atom. The summed E-state index contributed by atoms with van der Waals surface area (Å²) >= 11 is 0. The van der Waals surface area contributed by atoms with E-state index in [1.165, 1.54) is 12.5 Å². The van der Waals surface area contributed by atoms with Gasteiger partial charge in [-0.25, -0.2) is 8.42 Å². The number of hydrogen-bond donors (Lipinski definition) is 1. The van der Waals surface area contributed by atoms with Gasteiger partial charge in [0.25, 0.3) is 0 Å². The minimum Gasteiger partial charge on any atom is -0.364 e. The van der Waals surface area contributed by atoms with Crippen LogP contribution in [0, 0.1) is 0 Å². The Kier molecular flexibility index (Phi) is 7.74. The van der Waals surface area contributed by atoms with Gasteiger partial charge in [0.1, 0.15) is 12.0 Å². The van der Waals surface area contributed by atoms with Gasteiger partial charge in [0.2, 0.25) is 10.0 Å². The van der Waals surface area contributed by atoms with E-state index in [1.54, 1.807) is 17.4 Å². The first-order chi connectivity index (χ1) is 10.4. The largest absolute Gasteiger partial charge is 0.364 e. The van der Waals surface area contributed by atoms with E-state index in [1.807, 2.05) is 11.9 Å². The lowest BCUT2D eigenvalue weighted by Gasteiger charge is -2.26. The Hall–Kier alpha value is -0.880. The molecule has 2 rings (SSSR count). The fourth-order valence-electron chi connectivity index (χ4n) is 2.68. The van der Waals surface area contributed by atoms with Crippen molar-refractivity contribution in [2.45, 2.75) is 25.4 Å². The minimum absolute atomic E-state index is 0. The van der Waals surface area contributed by atoms with Gasteiger partial charge in [-0.2, -0.15) is 4.31 Å². The van der Waals surface area contributed by atoms with Crippen LogP contribution in [0.15, 0.2) is 21.8 Å². The summed E-state index contributed by atoms with van der Waals surface area (Å²) in [5.41, 5.74) is 0.809.